The average Bonchev–Trinajstić information content (AvgIpc) is 2.62. The summed E-state index contributed by atoms with van der Waals surface area (Å²) >= 11 is 0. The minimum atomic E-state index is 0.0764. The first-order chi connectivity index (χ1) is 11.3. The second-order valence-corrected chi connectivity index (χ2v) is 5.09. The number of hydrogen-bond donors (Lipinski definition) is 0. The zero-order chi connectivity index (χ0) is 15.9. The summed E-state index contributed by atoms with van der Waals surface area (Å²) in [6, 6.07) is 16.6. The van der Waals surface area contributed by atoms with Gasteiger partial charge in [-0.2, -0.15) is 0 Å². The smallest absolute Gasteiger partial charge is 0.167 e. The van der Waals surface area contributed by atoms with Crippen LogP contribution in [0.4, 0.5) is 0 Å². The first-order valence-corrected chi connectivity index (χ1v) is 7.36. The number of benzene rings is 1. The van der Waals surface area contributed by atoms with E-state index in [0.717, 1.165) is 17.0 Å². The van der Waals surface area contributed by atoms with Crippen LogP contribution in [0.25, 0.3) is 0 Å². The molecule has 0 atom stereocenters. The van der Waals surface area contributed by atoms with E-state index in [9.17, 15) is 4.79 Å². The van der Waals surface area contributed by atoms with Gasteiger partial charge in [-0.25, -0.2) is 0 Å². The minimum Gasteiger partial charge on any atom is -0.487 e. The molecule has 0 unspecified atom stereocenters. The topological polar surface area (TPSA) is 52.1 Å². The molecule has 0 aliphatic heterocycles. The van der Waals surface area contributed by atoms with Gasteiger partial charge in [-0.3, -0.25) is 14.8 Å². The van der Waals surface area contributed by atoms with Gasteiger partial charge in [-0.05, 0) is 54.1 Å². The van der Waals surface area contributed by atoms with E-state index in [2.05, 4.69) is 9.97 Å². The average molecular weight is 304 g/mol. The van der Waals surface area contributed by atoms with E-state index in [-0.39, 0.29) is 5.78 Å². The molecule has 4 nitrogen and oxygen atoms in total. The summed E-state index contributed by atoms with van der Waals surface area (Å²) in [6.07, 6.45) is 5.49. The first-order valence-electron chi connectivity index (χ1n) is 7.36. The van der Waals surface area contributed by atoms with E-state index in [0.29, 0.717) is 18.6 Å². The summed E-state index contributed by atoms with van der Waals surface area (Å²) in [5.41, 5.74) is 2.50. The fraction of sp³-hybridized carbons (Fsp3) is 0.105. The molecule has 3 rings (SSSR count). The van der Waals surface area contributed by atoms with Crippen molar-refractivity contribution in [3.8, 4) is 5.75 Å². The number of carbonyl (C=O) groups excluding carboxylic acids is 1. The molecule has 0 saturated carbocycles. The monoisotopic (exact) mass is 304 g/mol. The van der Waals surface area contributed by atoms with Gasteiger partial charge >= 0.3 is 0 Å². The Labute approximate surface area is 134 Å². The van der Waals surface area contributed by atoms with E-state index in [1.54, 1.807) is 30.7 Å². The van der Waals surface area contributed by atoms with E-state index >= 15 is 0 Å². The van der Waals surface area contributed by atoms with Gasteiger partial charge < -0.3 is 4.74 Å². The van der Waals surface area contributed by atoms with Crippen molar-refractivity contribution in [2.75, 3.05) is 0 Å². The van der Waals surface area contributed by atoms with Crippen LogP contribution < -0.4 is 4.74 Å². The van der Waals surface area contributed by atoms with Crippen LogP contribution in [0.2, 0.25) is 0 Å². The highest BCUT2D eigenvalue weighted by Crippen LogP contribution is 2.15. The summed E-state index contributed by atoms with van der Waals surface area (Å²) in [7, 11) is 0. The first kappa shape index (κ1) is 14.9. The van der Waals surface area contributed by atoms with Crippen LogP contribution in [0.3, 0.4) is 0 Å². The van der Waals surface area contributed by atoms with Gasteiger partial charge in [0.1, 0.15) is 12.4 Å². The molecule has 0 radical (unpaired) electrons. The van der Waals surface area contributed by atoms with Crippen molar-refractivity contribution in [2.24, 2.45) is 0 Å². The van der Waals surface area contributed by atoms with Crippen molar-refractivity contribution in [3.05, 3.63) is 90.0 Å². The molecule has 0 aliphatic carbocycles. The van der Waals surface area contributed by atoms with Crippen LogP contribution in [0.5, 0.6) is 5.75 Å². The van der Waals surface area contributed by atoms with Gasteiger partial charge in [-0.15, -0.1) is 0 Å². The predicted octanol–water partition coefficient (Wildman–Crippen LogP) is 3.48. The third-order valence-electron chi connectivity index (χ3n) is 3.40. The lowest BCUT2D eigenvalue weighted by Crippen LogP contribution is -2.04. The molecule has 0 bridgehead atoms. The van der Waals surface area contributed by atoms with Crippen LogP contribution in [-0.4, -0.2) is 15.8 Å². The lowest BCUT2D eigenvalue weighted by atomic mass is 10.0. The second-order valence-electron chi connectivity index (χ2n) is 5.09. The van der Waals surface area contributed by atoms with E-state index in [4.69, 9.17) is 4.74 Å². The van der Waals surface area contributed by atoms with Crippen molar-refractivity contribution in [2.45, 2.75) is 13.0 Å². The number of ketones is 1. The summed E-state index contributed by atoms with van der Waals surface area (Å²) in [5, 5.41) is 0. The number of hydrogen-bond acceptors (Lipinski definition) is 4. The zero-order valence-corrected chi connectivity index (χ0v) is 12.6. The largest absolute Gasteiger partial charge is 0.487 e. The highest BCUT2D eigenvalue weighted by atomic mass is 16.5. The third-order valence-corrected chi connectivity index (χ3v) is 3.40. The van der Waals surface area contributed by atoms with Crippen LogP contribution >= 0.6 is 0 Å². The molecule has 4 heteroatoms. The standard InChI is InChI=1S/C19H16N2O2/c22-19(13-15-8-11-20-12-9-15)16-4-6-18(7-5-16)23-14-17-3-1-2-10-21-17/h1-12H,13-14H2. The summed E-state index contributed by atoms with van der Waals surface area (Å²) in [5.74, 6) is 0.795. The predicted molar refractivity (Wildman–Crippen MR) is 87.3 cm³/mol. The Bertz CT molecular complexity index is 756. The number of Topliss-reactive ketones (excluding diaryl/α,β-unsaturated/α-hetero) is 1. The molecule has 23 heavy (non-hydrogen) atoms. The Morgan fingerprint density at radius 1 is 0.913 bits per heavy atom. The maximum atomic E-state index is 12.2. The highest BCUT2D eigenvalue weighted by Gasteiger charge is 2.07. The molecule has 0 N–H and O–H groups in total. The van der Waals surface area contributed by atoms with Gasteiger partial charge in [0.25, 0.3) is 0 Å². The number of aromatic nitrogens is 2. The van der Waals surface area contributed by atoms with Crippen molar-refractivity contribution in [1.82, 2.24) is 9.97 Å². The van der Waals surface area contributed by atoms with E-state index in [1.807, 2.05) is 42.5 Å². The van der Waals surface area contributed by atoms with Gasteiger partial charge in [0.05, 0.1) is 5.69 Å². The molecule has 0 aliphatic rings. The second kappa shape index (κ2) is 7.31. The molecule has 3 aromatic rings. The third kappa shape index (κ3) is 4.23. The molecule has 0 amide bonds. The van der Waals surface area contributed by atoms with E-state index < -0.39 is 0 Å². The number of ether oxygens (including phenoxy) is 1. The molecule has 1 aromatic carbocycles. The molecule has 0 saturated heterocycles. The fourth-order valence-corrected chi connectivity index (χ4v) is 2.17. The number of carbonyl (C=O) groups is 1. The van der Waals surface area contributed by atoms with Gasteiger partial charge in [0.2, 0.25) is 0 Å². The van der Waals surface area contributed by atoms with Crippen molar-refractivity contribution >= 4 is 5.78 Å². The molecule has 0 spiro atoms. The van der Waals surface area contributed by atoms with Crippen LogP contribution in [0.1, 0.15) is 21.6 Å². The molecular weight excluding hydrogens is 288 g/mol. The van der Waals surface area contributed by atoms with E-state index in [1.165, 1.54) is 0 Å². The lowest BCUT2D eigenvalue weighted by molar-refractivity contribution is 0.0993. The van der Waals surface area contributed by atoms with Crippen molar-refractivity contribution in [1.29, 1.82) is 0 Å². The van der Waals surface area contributed by atoms with Crippen molar-refractivity contribution in [3.63, 3.8) is 0 Å². The SMILES string of the molecule is O=C(Cc1ccncc1)c1ccc(OCc2ccccn2)cc1. The molecule has 2 aromatic heterocycles. The fourth-order valence-electron chi connectivity index (χ4n) is 2.17. The lowest BCUT2D eigenvalue weighted by Gasteiger charge is -2.07. The van der Waals surface area contributed by atoms with Crippen LogP contribution in [0.15, 0.2) is 73.2 Å². The van der Waals surface area contributed by atoms with Gasteiger partial charge in [-0.1, -0.05) is 6.07 Å². The Kier molecular flexibility index (Phi) is 4.74. The molecule has 2 heterocycles. The quantitative estimate of drug-likeness (QED) is 0.654. The number of pyridine rings is 2. The molecule has 0 fully saturated rings. The summed E-state index contributed by atoms with van der Waals surface area (Å²) < 4.78 is 5.66. The maximum absolute atomic E-state index is 12.2. The molecule has 114 valence electrons. The Morgan fingerprint density at radius 2 is 1.70 bits per heavy atom. The maximum Gasteiger partial charge on any atom is 0.167 e. The highest BCUT2D eigenvalue weighted by molar-refractivity contribution is 5.97. The van der Waals surface area contributed by atoms with Crippen LogP contribution in [-0.2, 0) is 13.0 Å². The molecular formula is C19H16N2O2. The zero-order valence-electron chi connectivity index (χ0n) is 12.6. The van der Waals surface area contributed by atoms with Crippen molar-refractivity contribution < 1.29 is 9.53 Å². The summed E-state index contributed by atoms with van der Waals surface area (Å²) in [6.45, 7) is 0.408. The Balaban J connectivity index is 1.59. The van der Waals surface area contributed by atoms with Crippen LogP contribution in [0, 0.1) is 0 Å². The Hall–Kier alpha value is -3.01. The Morgan fingerprint density at radius 3 is 2.39 bits per heavy atom. The number of rotatable bonds is 6. The normalized spacial score (nSPS) is 10.3. The minimum absolute atomic E-state index is 0.0764. The number of nitrogens with zero attached hydrogens (tertiary/aromatic N) is 2. The summed E-state index contributed by atoms with van der Waals surface area (Å²) in [4.78, 5) is 20.4. The van der Waals surface area contributed by atoms with Gasteiger partial charge in [0.15, 0.2) is 5.78 Å². The van der Waals surface area contributed by atoms with Gasteiger partial charge in [0, 0.05) is 30.6 Å².